The van der Waals surface area contributed by atoms with E-state index in [1.807, 2.05) is 0 Å². The van der Waals surface area contributed by atoms with Crippen molar-refractivity contribution in [2.45, 2.75) is 0 Å². The van der Waals surface area contributed by atoms with Gasteiger partial charge in [0, 0.05) is 17.7 Å². The van der Waals surface area contributed by atoms with Gasteiger partial charge < -0.3 is 9.88 Å². The van der Waals surface area contributed by atoms with Gasteiger partial charge in [0.05, 0.1) is 5.02 Å². The van der Waals surface area contributed by atoms with Crippen LogP contribution in [0.4, 0.5) is 14.5 Å². The minimum absolute atomic E-state index is 0.201. The maximum absolute atomic E-state index is 13.6. The van der Waals surface area contributed by atoms with Gasteiger partial charge in [0.1, 0.15) is 11.4 Å². The van der Waals surface area contributed by atoms with Crippen molar-refractivity contribution in [1.29, 1.82) is 0 Å². The first-order valence-corrected chi connectivity index (χ1v) is 6.33. The van der Waals surface area contributed by atoms with Crippen molar-refractivity contribution < 1.29 is 13.6 Å². The summed E-state index contributed by atoms with van der Waals surface area (Å²) in [5, 5.41) is 2.55. The molecule has 19 heavy (non-hydrogen) atoms. The minimum atomic E-state index is -0.861. The molecule has 0 bridgehead atoms. The summed E-state index contributed by atoms with van der Waals surface area (Å²) in [7, 11) is 1.61. The van der Waals surface area contributed by atoms with Crippen molar-refractivity contribution in [1.82, 2.24) is 4.57 Å². The highest BCUT2D eigenvalue weighted by Crippen LogP contribution is 2.24. The van der Waals surface area contributed by atoms with Gasteiger partial charge in [-0.25, -0.2) is 8.78 Å². The second-order valence-electron chi connectivity index (χ2n) is 3.85. The van der Waals surface area contributed by atoms with Crippen LogP contribution in [0, 0.1) is 11.6 Å². The third kappa shape index (κ3) is 2.96. The lowest BCUT2D eigenvalue weighted by molar-refractivity contribution is 0.101. The number of rotatable bonds is 2. The predicted octanol–water partition coefficient (Wildman–Crippen LogP) is 3.97. The van der Waals surface area contributed by atoms with Crippen LogP contribution in [0.15, 0.2) is 28.9 Å². The second-order valence-corrected chi connectivity index (χ2v) is 5.21. The van der Waals surface area contributed by atoms with Crippen LogP contribution in [0.25, 0.3) is 0 Å². The van der Waals surface area contributed by atoms with Gasteiger partial charge in [-0.05, 0) is 18.2 Å². The van der Waals surface area contributed by atoms with E-state index >= 15 is 0 Å². The number of aryl methyl sites for hydroxylation is 1. The molecule has 1 N–H and O–H groups in total. The molecule has 0 spiro atoms. The molecule has 100 valence electrons. The zero-order valence-corrected chi connectivity index (χ0v) is 12.0. The molecule has 1 heterocycles. The third-order valence-electron chi connectivity index (χ3n) is 2.45. The van der Waals surface area contributed by atoms with Crippen molar-refractivity contribution in [2.24, 2.45) is 7.05 Å². The van der Waals surface area contributed by atoms with Gasteiger partial charge in [-0.1, -0.05) is 27.5 Å². The van der Waals surface area contributed by atoms with Gasteiger partial charge in [0.15, 0.2) is 11.6 Å². The Morgan fingerprint density at radius 3 is 2.37 bits per heavy atom. The molecule has 0 aliphatic rings. The summed E-state index contributed by atoms with van der Waals surface area (Å²) in [5.74, 6) is -2.37. The SMILES string of the molecule is Cn1cc(Cl)cc1C(=O)Nc1c(F)cc(Br)cc1F. The number of nitrogens with zero attached hydrogens (tertiary/aromatic N) is 1. The topological polar surface area (TPSA) is 34.0 Å². The van der Waals surface area contributed by atoms with Crippen LogP contribution in [0.1, 0.15) is 10.5 Å². The summed E-state index contributed by atoms with van der Waals surface area (Å²) in [6, 6.07) is 3.54. The highest BCUT2D eigenvalue weighted by Gasteiger charge is 2.17. The molecule has 2 rings (SSSR count). The van der Waals surface area contributed by atoms with Crippen molar-refractivity contribution >= 4 is 39.1 Å². The average Bonchev–Trinajstić information content (AvgIpc) is 2.62. The molecule has 0 unspecified atom stereocenters. The fraction of sp³-hybridized carbons (Fsp3) is 0.0833. The van der Waals surface area contributed by atoms with Crippen molar-refractivity contribution in [3.05, 3.63) is 51.2 Å². The Bertz CT molecular complexity index is 634. The maximum Gasteiger partial charge on any atom is 0.272 e. The fourth-order valence-electron chi connectivity index (χ4n) is 1.59. The number of carbonyl (C=O) groups is 1. The van der Waals surface area contributed by atoms with E-state index < -0.39 is 23.2 Å². The molecule has 1 aromatic carbocycles. The molecule has 0 radical (unpaired) electrons. The normalized spacial score (nSPS) is 10.6. The first kappa shape index (κ1) is 14.0. The van der Waals surface area contributed by atoms with Gasteiger partial charge in [0.25, 0.3) is 5.91 Å². The van der Waals surface area contributed by atoms with Crippen LogP contribution in [0.3, 0.4) is 0 Å². The molecular formula is C12H8BrClF2N2O. The second kappa shape index (κ2) is 5.30. The Morgan fingerprint density at radius 2 is 1.89 bits per heavy atom. The largest absolute Gasteiger partial charge is 0.345 e. The lowest BCUT2D eigenvalue weighted by atomic mass is 10.2. The summed E-state index contributed by atoms with van der Waals surface area (Å²) >= 11 is 8.70. The summed E-state index contributed by atoms with van der Waals surface area (Å²) < 4.78 is 28.9. The lowest BCUT2D eigenvalue weighted by Crippen LogP contribution is -2.17. The first-order chi connectivity index (χ1) is 8.88. The monoisotopic (exact) mass is 348 g/mol. The number of carbonyl (C=O) groups excluding carboxylic acids is 1. The van der Waals surface area contributed by atoms with E-state index in [1.54, 1.807) is 7.05 Å². The first-order valence-electron chi connectivity index (χ1n) is 5.16. The lowest BCUT2D eigenvalue weighted by Gasteiger charge is -2.08. The Balaban J connectivity index is 2.32. The van der Waals surface area contributed by atoms with Gasteiger partial charge in [-0.3, -0.25) is 4.79 Å². The van der Waals surface area contributed by atoms with Crippen LogP contribution in [0.2, 0.25) is 5.02 Å². The fourth-order valence-corrected chi connectivity index (χ4v) is 2.24. The van der Waals surface area contributed by atoms with E-state index in [-0.39, 0.29) is 10.2 Å². The molecule has 2 aromatic rings. The number of nitrogens with one attached hydrogen (secondary N) is 1. The van der Waals surface area contributed by atoms with Crippen LogP contribution in [0.5, 0.6) is 0 Å². The van der Waals surface area contributed by atoms with Crippen molar-refractivity contribution in [3.8, 4) is 0 Å². The molecule has 0 fully saturated rings. The number of hydrogen-bond acceptors (Lipinski definition) is 1. The number of anilines is 1. The summed E-state index contributed by atoms with van der Waals surface area (Å²) in [6.45, 7) is 0. The van der Waals surface area contributed by atoms with Crippen LogP contribution in [-0.4, -0.2) is 10.5 Å². The summed E-state index contributed by atoms with van der Waals surface area (Å²) in [6.07, 6.45) is 1.52. The van der Waals surface area contributed by atoms with E-state index in [0.29, 0.717) is 5.02 Å². The maximum atomic E-state index is 13.6. The van der Waals surface area contributed by atoms with Crippen LogP contribution in [-0.2, 0) is 7.05 Å². The van der Waals surface area contributed by atoms with Crippen molar-refractivity contribution in [2.75, 3.05) is 5.32 Å². The predicted molar refractivity (Wildman–Crippen MR) is 72.4 cm³/mol. The third-order valence-corrected chi connectivity index (χ3v) is 3.11. The van der Waals surface area contributed by atoms with E-state index in [2.05, 4.69) is 21.2 Å². The van der Waals surface area contributed by atoms with Crippen LogP contribution >= 0.6 is 27.5 Å². The molecule has 0 aliphatic heterocycles. The number of aromatic nitrogens is 1. The minimum Gasteiger partial charge on any atom is -0.345 e. The Morgan fingerprint density at radius 1 is 1.32 bits per heavy atom. The summed E-state index contributed by atoms with van der Waals surface area (Å²) in [5.41, 5.74) is -0.294. The van der Waals surface area contributed by atoms with E-state index in [1.165, 1.54) is 16.8 Å². The van der Waals surface area contributed by atoms with Gasteiger partial charge in [-0.15, -0.1) is 0 Å². The highest BCUT2D eigenvalue weighted by atomic mass is 79.9. The van der Waals surface area contributed by atoms with E-state index in [0.717, 1.165) is 12.1 Å². The zero-order chi connectivity index (χ0) is 14.2. The molecule has 1 amide bonds. The molecule has 0 aliphatic carbocycles. The van der Waals surface area contributed by atoms with Crippen LogP contribution < -0.4 is 5.32 Å². The highest BCUT2D eigenvalue weighted by molar-refractivity contribution is 9.10. The molecule has 0 saturated carbocycles. The Labute approximate surface area is 121 Å². The standard InChI is InChI=1S/C12H8BrClF2N2O/c1-18-5-7(14)4-10(18)12(19)17-11-8(15)2-6(13)3-9(11)16/h2-5H,1H3,(H,17,19). The Hall–Kier alpha value is -1.40. The molecule has 3 nitrogen and oxygen atoms in total. The number of benzene rings is 1. The number of halogens is 4. The van der Waals surface area contributed by atoms with E-state index in [9.17, 15) is 13.6 Å². The average molecular weight is 350 g/mol. The molecule has 0 saturated heterocycles. The van der Waals surface area contributed by atoms with Gasteiger partial charge >= 0.3 is 0 Å². The number of amides is 1. The molecule has 1 aromatic heterocycles. The smallest absolute Gasteiger partial charge is 0.272 e. The van der Waals surface area contributed by atoms with Gasteiger partial charge in [-0.2, -0.15) is 0 Å². The van der Waals surface area contributed by atoms with Gasteiger partial charge in [0.2, 0.25) is 0 Å². The Kier molecular flexibility index (Phi) is 3.91. The van der Waals surface area contributed by atoms with Crippen molar-refractivity contribution in [3.63, 3.8) is 0 Å². The number of hydrogen-bond donors (Lipinski definition) is 1. The van der Waals surface area contributed by atoms with E-state index in [4.69, 9.17) is 11.6 Å². The molecule has 0 atom stereocenters. The molecule has 7 heteroatoms. The molecular weight excluding hydrogens is 341 g/mol. The zero-order valence-electron chi connectivity index (χ0n) is 9.68. The summed E-state index contributed by atoms with van der Waals surface area (Å²) in [4.78, 5) is 11.9. The quantitative estimate of drug-likeness (QED) is 0.874.